The lowest BCUT2D eigenvalue weighted by Crippen LogP contribution is -2.50. The lowest BCUT2D eigenvalue weighted by atomic mass is 10.1. The number of amides is 1. The number of carbonyl (C=O) groups is 2. The molecule has 0 spiro atoms. The summed E-state index contributed by atoms with van der Waals surface area (Å²) in [7, 11) is 0. The third kappa shape index (κ3) is 5.33. The summed E-state index contributed by atoms with van der Waals surface area (Å²) in [6, 6.07) is -1.32. The van der Waals surface area contributed by atoms with Crippen molar-refractivity contribution in [3.63, 3.8) is 0 Å². The number of hydrogen-bond donors (Lipinski definition) is 1. The molecule has 1 amide bonds. The second-order valence-corrected chi connectivity index (χ2v) is 9.56. The molecule has 0 aromatic carbocycles. The van der Waals surface area contributed by atoms with Crippen LogP contribution in [0.4, 0.5) is 4.79 Å². The molecule has 0 saturated carbocycles. The van der Waals surface area contributed by atoms with Crippen molar-refractivity contribution in [3.05, 3.63) is 0 Å². The van der Waals surface area contributed by atoms with Gasteiger partial charge in [-0.15, -0.1) is 0 Å². The second kappa shape index (κ2) is 7.22. The van der Waals surface area contributed by atoms with Crippen LogP contribution in [0.1, 0.15) is 61.8 Å². The molecule has 2 aliphatic rings. The topological polar surface area (TPSA) is 94.5 Å². The van der Waals surface area contributed by atoms with Gasteiger partial charge in [0.05, 0.1) is 25.1 Å². The Balaban J connectivity index is 2.30. The number of hydrogen-bond acceptors (Lipinski definition) is 7. The Morgan fingerprint density at radius 2 is 1.44 bits per heavy atom. The highest BCUT2D eigenvalue weighted by atomic mass is 16.8. The van der Waals surface area contributed by atoms with Crippen molar-refractivity contribution in [2.24, 2.45) is 0 Å². The van der Waals surface area contributed by atoms with Crippen LogP contribution in [-0.2, 0) is 23.7 Å². The molecular weight excluding hydrogens is 354 g/mol. The number of nitrogens with zero attached hydrogens (tertiary/aromatic N) is 1. The van der Waals surface area contributed by atoms with E-state index >= 15 is 0 Å². The van der Waals surface area contributed by atoms with Crippen molar-refractivity contribution in [1.82, 2.24) is 4.90 Å². The van der Waals surface area contributed by atoms with Crippen LogP contribution >= 0.6 is 0 Å². The molecule has 8 nitrogen and oxygen atoms in total. The molecule has 1 N–H and O–H groups in total. The third-order valence-corrected chi connectivity index (χ3v) is 4.22. The first-order valence-corrected chi connectivity index (χ1v) is 9.33. The van der Waals surface area contributed by atoms with Crippen molar-refractivity contribution in [2.75, 3.05) is 6.61 Å². The van der Waals surface area contributed by atoms with E-state index in [1.165, 1.54) is 4.90 Å². The lowest BCUT2D eigenvalue weighted by molar-refractivity contribution is -0.173. The predicted molar refractivity (Wildman–Crippen MR) is 97.0 cm³/mol. The second-order valence-electron chi connectivity index (χ2n) is 9.56. The number of likely N-dealkylation sites (tertiary alicyclic amines) is 1. The number of rotatable bonds is 3. The smallest absolute Gasteiger partial charge is 0.411 e. The van der Waals surface area contributed by atoms with Crippen molar-refractivity contribution in [3.8, 4) is 0 Å². The number of aliphatic hydroxyl groups excluding tert-OH is 1. The average Bonchev–Trinajstić information content (AvgIpc) is 2.86. The van der Waals surface area contributed by atoms with Crippen LogP contribution in [0.25, 0.3) is 0 Å². The van der Waals surface area contributed by atoms with Crippen molar-refractivity contribution in [2.45, 2.75) is 103 Å². The number of carbonyl (C=O) groups excluding carboxylic acids is 2. The van der Waals surface area contributed by atoms with Gasteiger partial charge in [0.15, 0.2) is 5.79 Å². The van der Waals surface area contributed by atoms with Gasteiger partial charge >= 0.3 is 12.1 Å². The lowest BCUT2D eigenvalue weighted by Gasteiger charge is -2.34. The fraction of sp³-hybridized carbons (Fsp3) is 0.895. The third-order valence-electron chi connectivity index (χ3n) is 4.22. The minimum Gasteiger partial charge on any atom is -0.460 e. The van der Waals surface area contributed by atoms with Crippen molar-refractivity contribution < 1.29 is 33.6 Å². The van der Waals surface area contributed by atoms with Crippen LogP contribution in [-0.4, -0.2) is 70.0 Å². The van der Waals surface area contributed by atoms with E-state index in [4.69, 9.17) is 18.9 Å². The Bertz CT molecular complexity index is 576. The van der Waals surface area contributed by atoms with Crippen LogP contribution < -0.4 is 0 Å². The van der Waals surface area contributed by atoms with Gasteiger partial charge in [-0.3, -0.25) is 9.69 Å². The van der Waals surface area contributed by atoms with E-state index in [-0.39, 0.29) is 13.0 Å². The van der Waals surface area contributed by atoms with Gasteiger partial charge in [-0.25, -0.2) is 4.79 Å². The predicted octanol–water partition coefficient (Wildman–Crippen LogP) is 2.22. The zero-order chi connectivity index (χ0) is 20.8. The molecule has 0 unspecified atom stereocenters. The van der Waals surface area contributed by atoms with E-state index in [0.717, 1.165) is 0 Å². The first-order chi connectivity index (χ1) is 12.1. The highest BCUT2D eigenvalue weighted by Gasteiger charge is 2.60. The molecule has 2 fully saturated rings. The first-order valence-electron chi connectivity index (χ1n) is 9.33. The van der Waals surface area contributed by atoms with Gasteiger partial charge < -0.3 is 24.1 Å². The molecule has 2 saturated heterocycles. The monoisotopic (exact) mass is 387 g/mol. The van der Waals surface area contributed by atoms with Gasteiger partial charge in [-0.2, -0.15) is 0 Å². The number of aliphatic hydroxyl groups is 1. The van der Waals surface area contributed by atoms with Gasteiger partial charge in [0.25, 0.3) is 0 Å². The SMILES string of the molecule is CC(C)(C)OC(=O)C[C@@H]1[C@H]2OC(C)(C)O[C@@H]2[C@@H](CO)N1C(=O)OC(C)(C)C. The summed E-state index contributed by atoms with van der Waals surface area (Å²) >= 11 is 0. The molecule has 8 heteroatoms. The molecule has 0 radical (unpaired) electrons. The van der Waals surface area contributed by atoms with E-state index in [1.807, 2.05) is 0 Å². The molecule has 2 heterocycles. The summed E-state index contributed by atoms with van der Waals surface area (Å²) in [5.74, 6) is -1.32. The summed E-state index contributed by atoms with van der Waals surface area (Å²) in [4.78, 5) is 26.7. The summed E-state index contributed by atoms with van der Waals surface area (Å²) in [5.41, 5.74) is -1.36. The van der Waals surface area contributed by atoms with E-state index in [1.54, 1.807) is 55.4 Å². The van der Waals surface area contributed by atoms with Gasteiger partial charge in [-0.05, 0) is 55.4 Å². The molecule has 2 rings (SSSR count). The fourth-order valence-corrected chi connectivity index (χ4v) is 3.52. The van der Waals surface area contributed by atoms with Crippen molar-refractivity contribution >= 4 is 12.1 Å². The Kier molecular flexibility index (Phi) is 5.86. The number of esters is 1. The molecule has 156 valence electrons. The van der Waals surface area contributed by atoms with Gasteiger partial charge in [0.1, 0.15) is 23.4 Å². The summed E-state index contributed by atoms with van der Waals surface area (Å²) in [6.07, 6.45) is -1.80. The van der Waals surface area contributed by atoms with Crippen LogP contribution in [0, 0.1) is 0 Å². The quantitative estimate of drug-likeness (QED) is 0.742. The summed E-state index contributed by atoms with van der Waals surface area (Å²) in [6.45, 7) is 13.8. The zero-order valence-corrected chi connectivity index (χ0v) is 17.6. The van der Waals surface area contributed by atoms with Gasteiger partial charge in [0.2, 0.25) is 0 Å². The largest absolute Gasteiger partial charge is 0.460 e. The van der Waals surface area contributed by atoms with Crippen LogP contribution in [0.15, 0.2) is 0 Å². The Hall–Kier alpha value is -1.38. The van der Waals surface area contributed by atoms with Gasteiger partial charge in [-0.1, -0.05) is 0 Å². The summed E-state index contributed by atoms with van der Waals surface area (Å²) < 4.78 is 22.8. The van der Waals surface area contributed by atoms with Gasteiger partial charge in [0, 0.05) is 0 Å². The minimum absolute atomic E-state index is 0.0758. The minimum atomic E-state index is -0.866. The van der Waals surface area contributed by atoms with Crippen LogP contribution in [0.2, 0.25) is 0 Å². The first kappa shape index (κ1) is 21.9. The molecule has 0 aliphatic carbocycles. The standard InChI is InChI=1S/C19H33NO7/c1-17(2,3)24-13(22)9-11-14-15(26-19(7,8)25-14)12(10-21)20(11)16(23)27-18(4,5)6/h11-12,14-15,21H,9-10H2,1-8H3/t11-,12-,14-,15-/m1/s1. The molecule has 4 atom stereocenters. The van der Waals surface area contributed by atoms with Crippen molar-refractivity contribution in [1.29, 1.82) is 0 Å². The maximum atomic E-state index is 12.8. The Morgan fingerprint density at radius 3 is 1.89 bits per heavy atom. The Labute approximate surface area is 161 Å². The summed E-state index contributed by atoms with van der Waals surface area (Å²) in [5, 5.41) is 9.94. The maximum Gasteiger partial charge on any atom is 0.411 e. The molecule has 2 aliphatic heterocycles. The molecule has 0 aromatic heterocycles. The zero-order valence-electron chi connectivity index (χ0n) is 17.6. The normalized spacial score (nSPS) is 30.2. The van der Waals surface area contributed by atoms with Crippen LogP contribution in [0.5, 0.6) is 0 Å². The van der Waals surface area contributed by atoms with Crippen LogP contribution in [0.3, 0.4) is 0 Å². The number of fused-ring (bicyclic) bond motifs is 1. The van der Waals surface area contributed by atoms with E-state index in [9.17, 15) is 14.7 Å². The maximum absolute atomic E-state index is 12.8. The van der Waals surface area contributed by atoms with E-state index in [2.05, 4.69) is 0 Å². The molecule has 0 bridgehead atoms. The average molecular weight is 387 g/mol. The highest BCUT2D eigenvalue weighted by molar-refractivity contribution is 5.74. The molecule has 0 aromatic rings. The Morgan fingerprint density at radius 1 is 0.963 bits per heavy atom. The molecule has 27 heavy (non-hydrogen) atoms. The highest BCUT2D eigenvalue weighted by Crippen LogP contribution is 2.42. The van der Waals surface area contributed by atoms with E-state index < -0.39 is 53.3 Å². The number of ether oxygens (including phenoxy) is 4. The van der Waals surface area contributed by atoms with E-state index in [0.29, 0.717) is 0 Å². The molecular formula is C19H33NO7. The fourth-order valence-electron chi connectivity index (χ4n) is 3.52.